The van der Waals surface area contributed by atoms with Crippen molar-refractivity contribution in [2.24, 2.45) is 5.92 Å². The van der Waals surface area contributed by atoms with Gasteiger partial charge in [0.15, 0.2) is 8.32 Å². The van der Waals surface area contributed by atoms with E-state index < -0.39 is 8.32 Å². The molecule has 0 spiro atoms. The van der Waals surface area contributed by atoms with E-state index in [9.17, 15) is 0 Å². The SMILES string of the molecule is CC(C)(C)[Si](C)(C)OC1CCC(CCO)CC1. The third-order valence-corrected chi connectivity index (χ3v) is 9.13. The molecule has 1 saturated carbocycles. The van der Waals surface area contributed by atoms with Crippen LogP contribution in [-0.4, -0.2) is 26.1 Å². The Morgan fingerprint density at radius 2 is 1.65 bits per heavy atom. The lowest BCUT2D eigenvalue weighted by atomic mass is 9.86. The van der Waals surface area contributed by atoms with Crippen molar-refractivity contribution in [3.8, 4) is 0 Å². The largest absolute Gasteiger partial charge is 0.414 e. The Bertz CT molecular complexity index is 225. The summed E-state index contributed by atoms with van der Waals surface area (Å²) >= 11 is 0. The van der Waals surface area contributed by atoms with E-state index in [1.54, 1.807) is 0 Å². The molecule has 0 saturated heterocycles. The van der Waals surface area contributed by atoms with Gasteiger partial charge in [0.2, 0.25) is 0 Å². The summed E-state index contributed by atoms with van der Waals surface area (Å²) < 4.78 is 6.45. The quantitative estimate of drug-likeness (QED) is 0.774. The third kappa shape index (κ3) is 4.38. The second-order valence-corrected chi connectivity index (χ2v) is 11.8. The van der Waals surface area contributed by atoms with Gasteiger partial charge in [-0.1, -0.05) is 20.8 Å². The van der Waals surface area contributed by atoms with Gasteiger partial charge in [-0.15, -0.1) is 0 Å². The zero-order valence-electron chi connectivity index (χ0n) is 12.3. The fraction of sp³-hybridized carbons (Fsp3) is 1.00. The van der Waals surface area contributed by atoms with Gasteiger partial charge < -0.3 is 9.53 Å². The van der Waals surface area contributed by atoms with Crippen LogP contribution in [0.15, 0.2) is 0 Å². The first-order valence-corrected chi connectivity index (χ1v) is 9.96. The molecule has 17 heavy (non-hydrogen) atoms. The molecular formula is C14H30O2Si. The van der Waals surface area contributed by atoms with Gasteiger partial charge in [-0.2, -0.15) is 0 Å². The predicted molar refractivity (Wildman–Crippen MR) is 75.7 cm³/mol. The number of aliphatic hydroxyl groups excluding tert-OH is 1. The highest BCUT2D eigenvalue weighted by atomic mass is 28.4. The van der Waals surface area contributed by atoms with E-state index in [1.807, 2.05) is 0 Å². The highest BCUT2D eigenvalue weighted by Crippen LogP contribution is 2.39. The van der Waals surface area contributed by atoms with E-state index in [-0.39, 0.29) is 0 Å². The normalized spacial score (nSPS) is 27.2. The first-order chi connectivity index (χ1) is 7.76. The molecule has 102 valence electrons. The van der Waals surface area contributed by atoms with Gasteiger partial charge in [-0.25, -0.2) is 0 Å². The van der Waals surface area contributed by atoms with E-state index in [0.717, 1.165) is 12.3 Å². The molecular weight excluding hydrogens is 228 g/mol. The molecule has 1 aliphatic carbocycles. The molecule has 0 bridgehead atoms. The molecule has 1 fully saturated rings. The summed E-state index contributed by atoms with van der Waals surface area (Å²) in [5.74, 6) is 0.735. The Kier molecular flexibility index (Phi) is 5.23. The van der Waals surface area contributed by atoms with Gasteiger partial charge >= 0.3 is 0 Å². The van der Waals surface area contributed by atoms with E-state index in [2.05, 4.69) is 33.9 Å². The highest BCUT2D eigenvalue weighted by Gasteiger charge is 2.39. The van der Waals surface area contributed by atoms with Crippen LogP contribution in [0.2, 0.25) is 18.1 Å². The zero-order chi connectivity index (χ0) is 13.1. The van der Waals surface area contributed by atoms with Gasteiger partial charge in [0.25, 0.3) is 0 Å². The van der Waals surface area contributed by atoms with Crippen LogP contribution in [0.1, 0.15) is 52.9 Å². The predicted octanol–water partition coefficient (Wildman–Crippen LogP) is 3.95. The van der Waals surface area contributed by atoms with Crippen molar-refractivity contribution in [2.45, 2.75) is 77.1 Å². The van der Waals surface area contributed by atoms with Crippen molar-refractivity contribution >= 4 is 8.32 Å². The van der Waals surface area contributed by atoms with E-state index in [0.29, 0.717) is 17.7 Å². The Morgan fingerprint density at radius 3 is 2.06 bits per heavy atom. The van der Waals surface area contributed by atoms with Gasteiger partial charge in [-0.05, 0) is 56.2 Å². The molecule has 0 aromatic heterocycles. The lowest BCUT2D eigenvalue weighted by Gasteiger charge is -2.41. The van der Waals surface area contributed by atoms with Crippen molar-refractivity contribution in [1.29, 1.82) is 0 Å². The number of hydrogen-bond donors (Lipinski definition) is 1. The maximum Gasteiger partial charge on any atom is 0.192 e. The summed E-state index contributed by atoms with van der Waals surface area (Å²) in [5, 5.41) is 9.27. The molecule has 1 aliphatic rings. The minimum atomic E-state index is -1.58. The minimum absolute atomic E-state index is 0.314. The standard InChI is InChI=1S/C14H30O2Si/c1-14(2,3)17(4,5)16-13-8-6-12(7-9-13)10-11-15/h12-13,15H,6-11H2,1-5H3. The molecule has 0 radical (unpaired) electrons. The topological polar surface area (TPSA) is 29.5 Å². The van der Waals surface area contributed by atoms with Crippen LogP contribution in [0, 0.1) is 5.92 Å². The first-order valence-electron chi connectivity index (χ1n) is 7.05. The van der Waals surface area contributed by atoms with Crippen LogP contribution in [0.4, 0.5) is 0 Å². The maximum atomic E-state index is 8.95. The van der Waals surface area contributed by atoms with Crippen molar-refractivity contribution in [2.75, 3.05) is 6.61 Å². The average Bonchev–Trinajstić information content (AvgIpc) is 2.19. The van der Waals surface area contributed by atoms with Crippen LogP contribution < -0.4 is 0 Å². The van der Waals surface area contributed by atoms with Gasteiger partial charge in [-0.3, -0.25) is 0 Å². The zero-order valence-corrected chi connectivity index (χ0v) is 13.3. The maximum absolute atomic E-state index is 8.95. The second kappa shape index (κ2) is 5.85. The van der Waals surface area contributed by atoms with Crippen LogP contribution in [0.5, 0.6) is 0 Å². The Hall–Kier alpha value is 0.137. The third-order valence-electron chi connectivity index (χ3n) is 4.60. The lowest BCUT2D eigenvalue weighted by Crippen LogP contribution is -2.44. The molecule has 0 heterocycles. The molecule has 0 aliphatic heterocycles. The summed E-state index contributed by atoms with van der Waals surface area (Å²) in [5.41, 5.74) is 0. The second-order valence-electron chi connectivity index (χ2n) is 7.03. The van der Waals surface area contributed by atoms with Gasteiger partial charge in [0, 0.05) is 12.7 Å². The van der Waals surface area contributed by atoms with Crippen molar-refractivity contribution < 1.29 is 9.53 Å². The molecule has 0 amide bonds. The fourth-order valence-electron chi connectivity index (χ4n) is 2.31. The molecule has 0 atom stereocenters. The fourth-order valence-corrected chi connectivity index (χ4v) is 3.74. The van der Waals surface area contributed by atoms with Crippen molar-refractivity contribution in [3.63, 3.8) is 0 Å². The first kappa shape index (κ1) is 15.2. The van der Waals surface area contributed by atoms with Crippen molar-refractivity contribution in [1.82, 2.24) is 0 Å². The molecule has 0 unspecified atom stereocenters. The molecule has 0 aromatic rings. The Morgan fingerprint density at radius 1 is 1.12 bits per heavy atom. The lowest BCUT2D eigenvalue weighted by molar-refractivity contribution is 0.107. The van der Waals surface area contributed by atoms with Gasteiger partial charge in [0.05, 0.1) is 0 Å². The monoisotopic (exact) mass is 258 g/mol. The number of hydrogen-bond acceptors (Lipinski definition) is 2. The molecule has 3 heteroatoms. The molecule has 2 nitrogen and oxygen atoms in total. The number of rotatable bonds is 4. The molecule has 1 rings (SSSR count). The summed E-state index contributed by atoms with van der Waals surface area (Å²) in [7, 11) is -1.58. The summed E-state index contributed by atoms with van der Waals surface area (Å²) in [6.07, 6.45) is 6.31. The van der Waals surface area contributed by atoms with Crippen molar-refractivity contribution in [3.05, 3.63) is 0 Å². The van der Waals surface area contributed by atoms with Crippen LogP contribution in [0.3, 0.4) is 0 Å². The summed E-state index contributed by atoms with van der Waals surface area (Å²) in [6, 6.07) is 0. The Balaban J connectivity index is 2.40. The summed E-state index contributed by atoms with van der Waals surface area (Å²) in [4.78, 5) is 0. The summed E-state index contributed by atoms with van der Waals surface area (Å²) in [6.45, 7) is 11.9. The van der Waals surface area contributed by atoms with Gasteiger partial charge in [0.1, 0.15) is 0 Å². The molecule has 1 N–H and O–H groups in total. The Labute approximate surface area is 108 Å². The van der Waals surface area contributed by atoms with Crippen LogP contribution in [0.25, 0.3) is 0 Å². The smallest absolute Gasteiger partial charge is 0.192 e. The highest BCUT2D eigenvalue weighted by molar-refractivity contribution is 6.74. The van der Waals surface area contributed by atoms with E-state index >= 15 is 0 Å². The van der Waals surface area contributed by atoms with E-state index in [1.165, 1.54) is 25.7 Å². The van der Waals surface area contributed by atoms with E-state index in [4.69, 9.17) is 9.53 Å². The number of aliphatic hydroxyl groups is 1. The average molecular weight is 258 g/mol. The van der Waals surface area contributed by atoms with Crippen LogP contribution >= 0.6 is 0 Å². The minimum Gasteiger partial charge on any atom is -0.414 e. The van der Waals surface area contributed by atoms with Crippen LogP contribution in [-0.2, 0) is 4.43 Å². The molecule has 0 aromatic carbocycles.